The molecule has 2 aromatic heterocycles. The zero-order valence-electron chi connectivity index (χ0n) is 17.9. The van der Waals surface area contributed by atoms with Crippen LogP contribution in [0.15, 0.2) is 76.2 Å². The summed E-state index contributed by atoms with van der Waals surface area (Å²) in [5, 5.41) is 15.2. The fourth-order valence-corrected chi connectivity index (χ4v) is 3.26. The monoisotopic (exact) mass is 444 g/mol. The lowest BCUT2D eigenvalue weighted by Gasteiger charge is -2.15. The molecule has 4 aromatic rings. The smallest absolute Gasteiger partial charge is 0.433 e. The minimum atomic E-state index is -0.651. The predicted molar refractivity (Wildman–Crippen MR) is 123 cm³/mol. The molecule has 4 rings (SSSR count). The molecule has 0 radical (unpaired) electrons. The van der Waals surface area contributed by atoms with Gasteiger partial charge in [0.15, 0.2) is 5.76 Å². The number of hydrazone groups is 1. The second kappa shape index (κ2) is 9.31. The zero-order chi connectivity index (χ0) is 23.4. The van der Waals surface area contributed by atoms with Gasteiger partial charge in [0.1, 0.15) is 10.7 Å². The second-order valence-electron chi connectivity index (χ2n) is 7.37. The van der Waals surface area contributed by atoms with Crippen molar-refractivity contribution in [3.05, 3.63) is 88.2 Å². The first-order chi connectivity index (χ1) is 15.9. The number of carbonyl (C=O) groups excluding carboxylic acids is 1. The Bertz CT molecular complexity index is 1360. The summed E-state index contributed by atoms with van der Waals surface area (Å²) >= 11 is 0. The fraction of sp³-hybridized carbons (Fsp3) is 0.125. The van der Waals surface area contributed by atoms with Crippen molar-refractivity contribution in [2.75, 3.05) is 0 Å². The Labute approximate surface area is 188 Å². The van der Waals surface area contributed by atoms with Gasteiger partial charge in [-0.3, -0.25) is 14.9 Å². The van der Waals surface area contributed by atoms with Gasteiger partial charge in [-0.05, 0) is 44.2 Å². The largest absolute Gasteiger partial charge is 0.490 e. The van der Waals surface area contributed by atoms with Crippen molar-refractivity contribution < 1.29 is 18.9 Å². The average molecular weight is 444 g/mol. The number of nitrogens with one attached hydrogen (secondary N) is 1. The normalized spacial score (nSPS) is 11.2. The quantitative estimate of drug-likeness (QED) is 0.245. The number of hydrogen-bond acceptors (Lipinski definition) is 7. The molecular weight excluding hydrogens is 424 g/mol. The molecule has 2 heterocycles. The summed E-state index contributed by atoms with van der Waals surface area (Å²) in [5.41, 5.74) is 4.81. The Balaban J connectivity index is 1.68. The van der Waals surface area contributed by atoms with E-state index in [0.29, 0.717) is 27.9 Å². The molecule has 33 heavy (non-hydrogen) atoms. The number of aromatic nitrogens is 1. The maximum atomic E-state index is 13.0. The molecule has 0 saturated carbocycles. The lowest BCUT2D eigenvalue weighted by atomic mass is 10.0. The highest BCUT2D eigenvalue weighted by Gasteiger charge is 2.16. The summed E-state index contributed by atoms with van der Waals surface area (Å²) in [7, 11) is 0. The first kappa shape index (κ1) is 21.7. The number of amides is 1. The molecule has 0 bridgehead atoms. The highest BCUT2D eigenvalue weighted by Crippen LogP contribution is 2.32. The summed E-state index contributed by atoms with van der Waals surface area (Å²) in [4.78, 5) is 27.8. The molecular formula is C24H20N4O5. The van der Waals surface area contributed by atoms with Crippen LogP contribution >= 0.6 is 0 Å². The van der Waals surface area contributed by atoms with Gasteiger partial charge in [-0.2, -0.15) is 5.10 Å². The van der Waals surface area contributed by atoms with Crippen molar-refractivity contribution in [2.45, 2.75) is 20.0 Å². The topological polar surface area (TPSA) is 120 Å². The summed E-state index contributed by atoms with van der Waals surface area (Å²) in [5.74, 6) is -0.0645. The second-order valence-corrected chi connectivity index (χ2v) is 7.37. The lowest BCUT2D eigenvalue weighted by Crippen LogP contribution is -2.18. The van der Waals surface area contributed by atoms with E-state index in [2.05, 4.69) is 10.5 Å². The molecule has 0 aliphatic rings. The number of nitrogens with zero attached hydrogens (tertiary/aromatic N) is 3. The third-order valence-corrected chi connectivity index (χ3v) is 4.64. The van der Waals surface area contributed by atoms with Gasteiger partial charge in [-0.15, -0.1) is 0 Å². The van der Waals surface area contributed by atoms with Gasteiger partial charge < -0.3 is 9.15 Å². The predicted octanol–water partition coefficient (Wildman–Crippen LogP) is 4.95. The van der Waals surface area contributed by atoms with Gasteiger partial charge in [-0.1, -0.05) is 30.3 Å². The molecule has 0 aliphatic heterocycles. The number of furan rings is 1. The fourth-order valence-electron chi connectivity index (χ4n) is 3.26. The van der Waals surface area contributed by atoms with Crippen molar-refractivity contribution in [1.82, 2.24) is 10.4 Å². The Morgan fingerprint density at radius 1 is 1.15 bits per heavy atom. The standard InChI is InChI=1S/C24H20N4O5/c1-15(2)32-22-10-6-4-8-18(22)21-13-19(17-7-3-5-9-20(17)26-21)24(29)27-25-14-16-11-12-23(33-16)28(30)31/h3-15H,1-2H3,(H,27,29)/b25-14-. The average Bonchev–Trinajstić information content (AvgIpc) is 3.27. The zero-order valence-corrected chi connectivity index (χ0v) is 17.9. The van der Waals surface area contributed by atoms with Crippen LogP contribution in [0.25, 0.3) is 22.2 Å². The minimum Gasteiger partial charge on any atom is -0.490 e. The first-order valence-corrected chi connectivity index (χ1v) is 10.2. The highest BCUT2D eigenvalue weighted by molar-refractivity contribution is 6.07. The Kier molecular flexibility index (Phi) is 6.12. The third-order valence-electron chi connectivity index (χ3n) is 4.64. The number of benzene rings is 2. The van der Waals surface area contributed by atoms with E-state index in [1.807, 2.05) is 56.3 Å². The van der Waals surface area contributed by atoms with Crippen molar-refractivity contribution >= 4 is 28.9 Å². The van der Waals surface area contributed by atoms with Crippen LogP contribution in [0.5, 0.6) is 5.75 Å². The number of pyridine rings is 1. The maximum absolute atomic E-state index is 13.0. The van der Waals surface area contributed by atoms with Gasteiger partial charge in [0.25, 0.3) is 5.91 Å². The van der Waals surface area contributed by atoms with E-state index in [0.717, 1.165) is 5.56 Å². The van der Waals surface area contributed by atoms with Gasteiger partial charge in [0, 0.05) is 10.9 Å². The van der Waals surface area contributed by atoms with Gasteiger partial charge in [0.2, 0.25) is 0 Å². The number of rotatable bonds is 7. The number of ether oxygens (including phenoxy) is 1. The molecule has 2 aromatic carbocycles. The van der Waals surface area contributed by atoms with Crippen LogP contribution in [0, 0.1) is 10.1 Å². The summed E-state index contributed by atoms with van der Waals surface area (Å²) in [6.45, 7) is 3.88. The van der Waals surface area contributed by atoms with E-state index in [1.165, 1.54) is 18.3 Å². The first-order valence-electron chi connectivity index (χ1n) is 10.2. The van der Waals surface area contributed by atoms with E-state index in [1.54, 1.807) is 12.1 Å². The van der Waals surface area contributed by atoms with Crippen molar-refractivity contribution in [2.24, 2.45) is 5.10 Å². The molecule has 0 saturated heterocycles. The highest BCUT2D eigenvalue weighted by atomic mass is 16.6. The molecule has 0 fully saturated rings. The van der Waals surface area contributed by atoms with E-state index < -0.39 is 16.7 Å². The van der Waals surface area contributed by atoms with E-state index in [9.17, 15) is 14.9 Å². The Morgan fingerprint density at radius 3 is 2.67 bits per heavy atom. The van der Waals surface area contributed by atoms with Crippen LogP contribution in [-0.4, -0.2) is 28.1 Å². The molecule has 1 amide bonds. The van der Waals surface area contributed by atoms with E-state index in [4.69, 9.17) is 14.1 Å². The number of para-hydroxylation sites is 2. The number of hydrogen-bond donors (Lipinski definition) is 1. The molecule has 0 aliphatic carbocycles. The summed E-state index contributed by atoms with van der Waals surface area (Å²) in [6.07, 6.45) is 1.17. The molecule has 166 valence electrons. The minimum absolute atomic E-state index is 0.0267. The van der Waals surface area contributed by atoms with E-state index >= 15 is 0 Å². The van der Waals surface area contributed by atoms with Crippen LogP contribution in [0.2, 0.25) is 0 Å². The lowest BCUT2D eigenvalue weighted by molar-refractivity contribution is -0.402. The number of fused-ring (bicyclic) bond motifs is 1. The van der Waals surface area contributed by atoms with Crippen LogP contribution in [0.4, 0.5) is 5.88 Å². The van der Waals surface area contributed by atoms with Crippen molar-refractivity contribution in [1.29, 1.82) is 0 Å². The molecule has 0 unspecified atom stereocenters. The van der Waals surface area contributed by atoms with E-state index in [-0.39, 0.29) is 11.9 Å². The van der Waals surface area contributed by atoms with Crippen LogP contribution in [0.3, 0.4) is 0 Å². The van der Waals surface area contributed by atoms with Crippen molar-refractivity contribution in [3.63, 3.8) is 0 Å². The molecule has 0 atom stereocenters. The molecule has 0 spiro atoms. The molecule has 9 heteroatoms. The van der Waals surface area contributed by atoms with Gasteiger partial charge in [0.05, 0.1) is 35.2 Å². The number of nitro groups is 1. The Hall–Kier alpha value is -4.53. The molecule has 9 nitrogen and oxygen atoms in total. The maximum Gasteiger partial charge on any atom is 0.433 e. The van der Waals surface area contributed by atoms with Gasteiger partial charge in [-0.25, -0.2) is 10.4 Å². The van der Waals surface area contributed by atoms with Gasteiger partial charge >= 0.3 is 5.88 Å². The number of carbonyl (C=O) groups is 1. The Morgan fingerprint density at radius 2 is 1.91 bits per heavy atom. The molecule has 1 N–H and O–H groups in total. The van der Waals surface area contributed by atoms with Crippen LogP contribution in [-0.2, 0) is 0 Å². The summed E-state index contributed by atoms with van der Waals surface area (Å²) in [6, 6.07) is 19.1. The van der Waals surface area contributed by atoms with Crippen molar-refractivity contribution in [3.8, 4) is 17.0 Å². The third kappa shape index (κ3) is 4.87. The van der Waals surface area contributed by atoms with Crippen LogP contribution < -0.4 is 10.2 Å². The van der Waals surface area contributed by atoms with Crippen LogP contribution in [0.1, 0.15) is 30.0 Å². The summed E-state index contributed by atoms with van der Waals surface area (Å²) < 4.78 is 10.9. The SMILES string of the molecule is CC(C)Oc1ccccc1-c1cc(C(=O)N/N=C\c2ccc([N+](=O)[O-])o2)c2ccccc2n1.